The van der Waals surface area contributed by atoms with E-state index in [-0.39, 0.29) is 23.4 Å². The van der Waals surface area contributed by atoms with Crippen molar-refractivity contribution in [3.8, 4) is 0 Å². The number of nitrogens with one attached hydrogen (secondary N) is 3. The maximum absolute atomic E-state index is 13.1. The van der Waals surface area contributed by atoms with Crippen LogP contribution in [0.15, 0.2) is 24.3 Å². The molecule has 1 aromatic carbocycles. The molecule has 3 N–H and O–H groups in total. The van der Waals surface area contributed by atoms with Gasteiger partial charge in [-0.3, -0.25) is 10.2 Å². The summed E-state index contributed by atoms with van der Waals surface area (Å²) in [5, 5.41) is 0. The molecule has 6 nitrogen and oxygen atoms in total. The van der Waals surface area contributed by atoms with Crippen molar-refractivity contribution in [2.75, 3.05) is 6.54 Å². The van der Waals surface area contributed by atoms with Crippen LogP contribution in [0.2, 0.25) is 0 Å². The fourth-order valence-corrected chi connectivity index (χ4v) is 3.93. The van der Waals surface area contributed by atoms with Crippen LogP contribution in [0.25, 0.3) is 11.0 Å². The lowest BCUT2D eigenvalue weighted by Gasteiger charge is -2.27. The van der Waals surface area contributed by atoms with Crippen molar-refractivity contribution >= 4 is 16.9 Å². The molecule has 1 aromatic heterocycles. The summed E-state index contributed by atoms with van der Waals surface area (Å²) in [7, 11) is 0. The Kier molecular flexibility index (Phi) is 4.04. The first kappa shape index (κ1) is 16.5. The first-order chi connectivity index (χ1) is 11.9. The number of benzene rings is 1. The zero-order valence-corrected chi connectivity index (χ0v) is 15.2. The maximum Gasteiger partial charge on any atom is 0.241 e. The summed E-state index contributed by atoms with van der Waals surface area (Å²) in [6.45, 7) is 7.41. The molecule has 2 aliphatic rings. The first-order valence-electron chi connectivity index (χ1n) is 9.19. The number of aromatic amines is 1. The predicted octanol–water partition coefficient (Wildman–Crippen LogP) is 2.51. The molecule has 0 bridgehead atoms. The quantitative estimate of drug-likeness (QED) is 0.785. The normalized spacial score (nSPS) is 27.3. The topological polar surface area (TPSA) is 73.0 Å². The van der Waals surface area contributed by atoms with Crippen molar-refractivity contribution in [1.82, 2.24) is 25.7 Å². The first-order valence-corrected chi connectivity index (χ1v) is 9.19. The predicted molar refractivity (Wildman–Crippen MR) is 97.7 cm³/mol. The molecule has 2 aromatic rings. The van der Waals surface area contributed by atoms with Crippen LogP contribution in [-0.4, -0.2) is 39.4 Å². The number of aromatic nitrogens is 2. The Balaban J connectivity index is 1.52. The number of H-pyrrole nitrogens is 1. The Morgan fingerprint density at radius 2 is 2.04 bits per heavy atom. The second-order valence-corrected chi connectivity index (χ2v) is 8.32. The Morgan fingerprint density at radius 3 is 2.76 bits per heavy atom. The van der Waals surface area contributed by atoms with Crippen molar-refractivity contribution < 1.29 is 4.79 Å². The smallest absolute Gasteiger partial charge is 0.241 e. The Hall–Kier alpha value is -1.92. The third-order valence-electron chi connectivity index (χ3n) is 5.51. The van der Waals surface area contributed by atoms with E-state index in [2.05, 4.69) is 36.6 Å². The fourth-order valence-electron chi connectivity index (χ4n) is 3.93. The van der Waals surface area contributed by atoms with E-state index in [1.165, 1.54) is 0 Å². The van der Waals surface area contributed by atoms with Crippen molar-refractivity contribution in [2.45, 2.75) is 58.2 Å². The van der Waals surface area contributed by atoms with Gasteiger partial charge in [0.05, 0.1) is 17.1 Å². The molecular formula is C19H27N5O. The minimum atomic E-state index is -0.158. The van der Waals surface area contributed by atoms with Crippen LogP contribution < -0.4 is 10.9 Å². The zero-order valence-electron chi connectivity index (χ0n) is 15.2. The number of para-hydroxylation sites is 2. The molecule has 6 heteroatoms. The van der Waals surface area contributed by atoms with Crippen LogP contribution in [0.4, 0.5) is 0 Å². The van der Waals surface area contributed by atoms with Crippen LogP contribution in [0.3, 0.4) is 0 Å². The van der Waals surface area contributed by atoms with Crippen LogP contribution in [0, 0.1) is 5.41 Å². The molecule has 0 spiro atoms. The molecule has 1 amide bonds. The second-order valence-electron chi connectivity index (χ2n) is 8.32. The number of nitrogens with zero attached hydrogens (tertiary/aromatic N) is 2. The number of rotatable bonds is 2. The van der Waals surface area contributed by atoms with Gasteiger partial charge >= 0.3 is 0 Å². The van der Waals surface area contributed by atoms with Gasteiger partial charge in [0.15, 0.2) is 0 Å². The van der Waals surface area contributed by atoms with Gasteiger partial charge in [-0.25, -0.2) is 10.4 Å². The molecule has 2 fully saturated rings. The molecule has 3 atom stereocenters. The summed E-state index contributed by atoms with van der Waals surface area (Å²) in [6.07, 6.45) is 2.82. The number of hydrazine groups is 1. The van der Waals surface area contributed by atoms with Crippen molar-refractivity contribution in [1.29, 1.82) is 0 Å². The van der Waals surface area contributed by atoms with Gasteiger partial charge in [-0.05, 0) is 36.8 Å². The number of imidazole rings is 1. The number of carbonyl (C=O) groups excluding carboxylic acids is 1. The summed E-state index contributed by atoms with van der Waals surface area (Å²) in [5.74, 6) is 1.09. The molecule has 0 aliphatic carbocycles. The van der Waals surface area contributed by atoms with E-state index in [0.29, 0.717) is 6.04 Å². The van der Waals surface area contributed by atoms with E-state index < -0.39 is 0 Å². The summed E-state index contributed by atoms with van der Waals surface area (Å²) >= 11 is 0. The monoisotopic (exact) mass is 341 g/mol. The van der Waals surface area contributed by atoms with Gasteiger partial charge in [-0.15, -0.1) is 0 Å². The number of carbonyl (C=O) groups is 1. The van der Waals surface area contributed by atoms with Gasteiger partial charge in [-0.2, -0.15) is 0 Å². The van der Waals surface area contributed by atoms with Gasteiger partial charge in [0.1, 0.15) is 11.9 Å². The highest BCUT2D eigenvalue weighted by Gasteiger charge is 2.41. The van der Waals surface area contributed by atoms with Gasteiger partial charge in [-0.1, -0.05) is 32.9 Å². The molecule has 2 aliphatic heterocycles. The highest BCUT2D eigenvalue weighted by Crippen LogP contribution is 2.33. The maximum atomic E-state index is 13.1. The molecule has 2 saturated heterocycles. The third kappa shape index (κ3) is 3.04. The van der Waals surface area contributed by atoms with Gasteiger partial charge in [0.25, 0.3) is 0 Å². The summed E-state index contributed by atoms with van der Waals surface area (Å²) in [6, 6.07) is 8.22. The summed E-state index contributed by atoms with van der Waals surface area (Å²) < 4.78 is 0. The lowest BCUT2D eigenvalue weighted by atomic mass is 9.84. The average Bonchev–Trinajstić information content (AvgIpc) is 3.30. The Bertz CT molecular complexity index is 744. The van der Waals surface area contributed by atoms with E-state index in [9.17, 15) is 4.79 Å². The number of fused-ring (bicyclic) bond motifs is 1. The van der Waals surface area contributed by atoms with Crippen molar-refractivity contribution in [3.63, 3.8) is 0 Å². The number of amides is 1. The van der Waals surface area contributed by atoms with Crippen LogP contribution in [-0.2, 0) is 4.79 Å². The fraction of sp³-hybridized carbons (Fsp3) is 0.579. The lowest BCUT2D eigenvalue weighted by Crippen LogP contribution is -2.46. The third-order valence-corrected chi connectivity index (χ3v) is 5.51. The van der Waals surface area contributed by atoms with Gasteiger partial charge in [0, 0.05) is 12.6 Å². The van der Waals surface area contributed by atoms with E-state index in [4.69, 9.17) is 4.98 Å². The molecule has 3 heterocycles. The minimum Gasteiger partial charge on any atom is -0.340 e. The second kappa shape index (κ2) is 6.11. The van der Waals surface area contributed by atoms with Crippen LogP contribution in [0.1, 0.15) is 51.9 Å². The van der Waals surface area contributed by atoms with Gasteiger partial charge in [0.2, 0.25) is 5.91 Å². The lowest BCUT2D eigenvalue weighted by molar-refractivity contribution is -0.134. The highest BCUT2D eigenvalue weighted by atomic mass is 16.2. The molecule has 25 heavy (non-hydrogen) atoms. The van der Waals surface area contributed by atoms with Crippen LogP contribution >= 0.6 is 0 Å². The number of hydrogen-bond donors (Lipinski definition) is 3. The number of likely N-dealkylation sites (tertiary alicyclic amines) is 1. The van der Waals surface area contributed by atoms with E-state index >= 15 is 0 Å². The molecular weight excluding hydrogens is 314 g/mol. The largest absolute Gasteiger partial charge is 0.340 e. The standard InChI is InChI=1S/C19H27N5O/c1-19(2,3)16-11-14(22-23-16)18(25)24-10-6-9-15(24)17-20-12-7-4-5-8-13(12)21-17/h4-5,7-8,14-16,22-23H,6,9-11H2,1-3H3,(H,20,21). The van der Waals surface area contributed by atoms with Crippen molar-refractivity contribution in [3.05, 3.63) is 30.1 Å². The van der Waals surface area contributed by atoms with E-state index in [1.807, 2.05) is 29.2 Å². The van der Waals surface area contributed by atoms with E-state index in [0.717, 1.165) is 42.7 Å². The van der Waals surface area contributed by atoms with Crippen LogP contribution in [0.5, 0.6) is 0 Å². The highest BCUT2D eigenvalue weighted by molar-refractivity contribution is 5.83. The summed E-state index contributed by atoms with van der Waals surface area (Å²) in [5.41, 5.74) is 8.65. The van der Waals surface area contributed by atoms with Crippen molar-refractivity contribution in [2.24, 2.45) is 5.41 Å². The molecule has 0 radical (unpaired) electrons. The molecule has 0 saturated carbocycles. The summed E-state index contributed by atoms with van der Waals surface area (Å²) in [4.78, 5) is 23.2. The molecule has 4 rings (SSSR count). The average molecular weight is 341 g/mol. The zero-order chi connectivity index (χ0) is 17.6. The SMILES string of the molecule is CC(C)(C)C1CC(C(=O)N2CCCC2c2nc3ccccc3[nH]2)NN1. The van der Waals surface area contributed by atoms with Gasteiger partial charge < -0.3 is 9.88 Å². The molecule has 3 unspecified atom stereocenters. The molecule has 134 valence electrons. The number of hydrogen-bond acceptors (Lipinski definition) is 4. The Morgan fingerprint density at radius 1 is 1.24 bits per heavy atom. The Labute approximate surface area is 148 Å². The minimum absolute atomic E-state index is 0.0513. The van der Waals surface area contributed by atoms with E-state index in [1.54, 1.807) is 0 Å².